The van der Waals surface area contributed by atoms with Crippen molar-refractivity contribution in [2.75, 3.05) is 30.4 Å². The number of para-hydroxylation sites is 1. The van der Waals surface area contributed by atoms with Crippen molar-refractivity contribution >= 4 is 41.0 Å². The molecule has 0 fully saturated rings. The predicted octanol–water partition coefficient (Wildman–Crippen LogP) is 8.11. The van der Waals surface area contributed by atoms with Crippen LogP contribution < -0.4 is 9.80 Å². The average Bonchev–Trinajstić information content (AvgIpc) is 2.80. The lowest BCUT2D eigenvalue weighted by Gasteiger charge is -2.33. The zero-order valence-corrected chi connectivity index (χ0v) is 19.7. The number of benzene rings is 3. The Morgan fingerprint density at radius 2 is 1.48 bits per heavy atom. The third kappa shape index (κ3) is 5.16. The van der Waals surface area contributed by atoms with Crippen molar-refractivity contribution in [1.82, 2.24) is 0 Å². The van der Waals surface area contributed by atoms with Crippen molar-refractivity contribution in [2.45, 2.75) is 42.4 Å². The van der Waals surface area contributed by atoms with Crippen LogP contribution in [0.3, 0.4) is 0 Å². The Balaban J connectivity index is 1.55. The summed E-state index contributed by atoms with van der Waals surface area (Å²) < 4.78 is 0. The number of nitrogens with zero attached hydrogens (tertiary/aromatic N) is 2. The van der Waals surface area contributed by atoms with E-state index < -0.39 is 0 Å². The Morgan fingerprint density at radius 3 is 2.26 bits per heavy atom. The Kier molecular flexibility index (Phi) is 7.03. The van der Waals surface area contributed by atoms with Gasteiger partial charge in [0, 0.05) is 36.1 Å². The first-order valence-corrected chi connectivity index (χ1v) is 12.1. The second-order valence-corrected chi connectivity index (χ2v) is 9.41. The van der Waals surface area contributed by atoms with E-state index in [1.807, 2.05) is 11.8 Å². The number of anilines is 3. The smallest absolute Gasteiger partial charge is 0.0553 e. The third-order valence-corrected chi connectivity index (χ3v) is 6.88. The lowest BCUT2D eigenvalue weighted by atomic mass is 10.1. The molecule has 3 aromatic carbocycles. The summed E-state index contributed by atoms with van der Waals surface area (Å²) in [5.74, 6) is 0. The second-order valence-electron chi connectivity index (χ2n) is 8.33. The Labute approximate surface area is 191 Å². The topological polar surface area (TPSA) is 6.48 Å². The van der Waals surface area contributed by atoms with Crippen LogP contribution in [0.4, 0.5) is 17.1 Å². The van der Waals surface area contributed by atoms with Gasteiger partial charge in [0.05, 0.1) is 11.4 Å². The Bertz CT molecular complexity index is 1040. The molecular formula is C28H32N2S. The number of fused-ring (bicyclic) bond motifs is 2. The van der Waals surface area contributed by atoms with Crippen LogP contribution in [0.15, 0.2) is 76.5 Å². The van der Waals surface area contributed by atoms with Gasteiger partial charge in [0.15, 0.2) is 0 Å². The summed E-state index contributed by atoms with van der Waals surface area (Å²) in [6, 6.07) is 24.4. The van der Waals surface area contributed by atoms with Crippen molar-refractivity contribution in [1.29, 1.82) is 0 Å². The van der Waals surface area contributed by atoms with E-state index in [0.29, 0.717) is 0 Å². The largest absolute Gasteiger partial charge is 0.378 e. The van der Waals surface area contributed by atoms with Crippen LogP contribution in [0.2, 0.25) is 0 Å². The highest BCUT2D eigenvalue weighted by atomic mass is 32.2. The third-order valence-electron chi connectivity index (χ3n) is 5.76. The number of hydrogen-bond acceptors (Lipinski definition) is 3. The predicted molar refractivity (Wildman–Crippen MR) is 138 cm³/mol. The molecule has 0 saturated carbocycles. The molecule has 1 aliphatic rings. The maximum atomic E-state index is 2.52. The van der Waals surface area contributed by atoms with E-state index >= 15 is 0 Å². The van der Waals surface area contributed by atoms with E-state index in [2.05, 4.69) is 110 Å². The van der Waals surface area contributed by atoms with Gasteiger partial charge in [0.25, 0.3) is 0 Å². The van der Waals surface area contributed by atoms with Gasteiger partial charge < -0.3 is 9.80 Å². The first kappa shape index (κ1) is 21.6. The zero-order chi connectivity index (χ0) is 21.6. The molecule has 0 N–H and O–H groups in total. The summed E-state index contributed by atoms with van der Waals surface area (Å²) in [5.41, 5.74) is 6.38. The molecule has 0 aliphatic carbocycles. The summed E-state index contributed by atoms with van der Waals surface area (Å²) in [5, 5.41) is 0. The van der Waals surface area contributed by atoms with Gasteiger partial charge in [-0.15, -0.1) is 0 Å². The monoisotopic (exact) mass is 428 g/mol. The maximum absolute atomic E-state index is 2.52. The van der Waals surface area contributed by atoms with Crippen LogP contribution in [0, 0.1) is 0 Å². The fraction of sp³-hybridized carbons (Fsp3) is 0.286. The van der Waals surface area contributed by atoms with Crippen LogP contribution in [-0.2, 0) is 0 Å². The van der Waals surface area contributed by atoms with Crippen LogP contribution >= 0.6 is 11.8 Å². The summed E-state index contributed by atoms with van der Waals surface area (Å²) in [6.45, 7) is 3.35. The van der Waals surface area contributed by atoms with E-state index in [9.17, 15) is 0 Å². The fourth-order valence-electron chi connectivity index (χ4n) is 3.97. The molecular weight excluding hydrogens is 396 g/mol. The van der Waals surface area contributed by atoms with Gasteiger partial charge in [-0.1, -0.05) is 80.4 Å². The van der Waals surface area contributed by atoms with Crippen molar-refractivity contribution in [3.05, 3.63) is 77.9 Å². The summed E-state index contributed by atoms with van der Waals surface area (Å²) in [7, 11) is 4.14. The highest BCUT2D eigenvalue weighted by Crippen LogP contribution is 2.48. The molecule has 0 aromatic heterocycles. The molecule has 0 unspecified atom stereocenters. The van der Waals surface area contributed by atoms with Crippen molar-refractivity contribution in [2.24, 2.45) is 0 Å². The number of unbranched alkanes of at least 4 members (excludes halogenated alkanes) is 3. The molecule has 160 valence electrons. The summed E-state index contributed by atoms with van der Waals surface area (Å²) in [6.07, 6.45) is 9.54. The fourth-order valence-corrected chi connectivity index (χ4v) is 5.11. The van der Waals surface area contributed by atoms with Crippen LogP contribution in [0.5, 0.6) is 0 Å². The van der Waals surface area contributed by atoms with Gasteiger partial charge in [-0.3, -0.25) is 0 Å². The Hall–Kier alpha value is -2.65. The van der Waals surface area contributed by atoms with Crippen molar-refractivity contribution < 1.29 is 0 Å². The van der Waals surface area contributed by atoms with Gasteiger partial charge in [-0.2, -0.15) is 0 Å². The molecule has 0 saturated heterocycles. The molecule has 0 bridgehead atoms. The molecule has 31 heavy (non-hydrogen) atoms. The van der Waals surface area contributed by atoms with Crippen molar-refractivity contribution in [3.8, 4) is 0 Å². The Morgan fingerprint density at radius 1 is 0.774 bits per heavy atom. The first-order valence-electron chi connectivity index (χ1n) is 11.3. The minimum absolute atomic E-state index is 1.08. The SMILES string of the molecule is CCCCCCN1c2ccccc2Sc2cc(C=Cc3ccc(N(C)C)cc3)ccc21. The van der Waals surface area contributed by atoms with Gasteiger partial charge in [-0.25, -0.2) is 0 Å². The maximum Gasteiger partial charge on any atom is 0.0553 e. The quantitative estimate of drug-likeness (QED) is 0.264. The minimum atomic E-state index is 1.08. The molecule has 2 nitrogen and oxygen atoms in total. The number of hydrogen-bond donors (Lipinski definition) is 0. The molecule has 1 aliphatic heterocycles. The highest BCUT2D eigenvalue weighted by Gasteiger charge is 2.22. The van der Waals surface area contributed by atoms with Gasteiger partial charge in [-0.05, 0) is 53.9 Å². The van der Waals surface area contributed by atoms with Crippen molar-refractivity contribution in [3.63, 3.8) is 0 Å². The molecule has 3 aromatic rings. The number of rotatable bonds is 8. The van der Waals surface area contributed by atoms with E-state index in [1.165, 1.54) is 63.7 Å². The highest BCUT2D eigenvalue weighted by molar-refractivity contribution is 7.99. The molecule has 0 spiro atoms. The van der Waals surface area contributed by atoms with E-state index in [1.54, 1.807) is 0 Å². The van der Waals surface area contributed by atoms with Gasteiger partial charge in [0.1, 0.15) is 0 Å². The van der Waals surface area contributed by atoms with E-state index in [4.69, 9.17) is 0 Å². The molecule has 4 rings (SSSR count). The lowest BCUT2D eigenvalue weighted by molar-refractivity contribution is 0.665. The molecule has 0 radical (unpaired) electrons. The molecule has 0 amide bonds. The first-order chi connectivity index (χ1) is 15.2. The molecule has 1 heterocycles. The lowest BCUT2D eigenvalue weighted by Crippen LogP contribution is -2.22. The summed E-state index contributed by atoms with van der Waals surface area (Å²) >= 11 is 1.89. The zero-order valence-electron chi connectivity index (χ0n) is 18.8. The van der Waals surface area contributed by atoms with E-state index in [-0.39, 0.29) is 0 Å². The van der Waals surface area contributed by atoms with E-state index in [0.717, 1.165) is 6.54 Å². The average molecular weight is 429 g/mol. The summed E-state index contributed by atoms with van der Waals surface area (Å²) in [4.78, 5) is 7.34. The minimum Gasteiger partial charge on any atom is -0.378 e. The van der Waals surface area contributed by atoms with Crippen LogP contribution in [0.1, 0.15) is 43.7 Å². The van der Waals surface area contributed by atoms with Crippen LogP contribution in [0.25, 0.3) is 12.2 Å². The van der Waals surface area contributed by atoms with Gasteiger partial charge in [0.2, 0.25) is 0 Å². The molecule has 0 atom stereocenters. The molecule has 3 heteroatoms. The van der Waals surface area contributed by atoms with Crippen LogP contribution in [-0.4, -0.2) is 20.6 Å². The second kappa shape index (κ2) is 10.1. The normalized spacial score (nSPS) is 12.7. The standard InChI is InChI=1S/C28H32N2S/c1-4-5-6-9-20-30-25-10-7-8-11-27(25)31-28-21-23(16-19-26(28)30)13-12-22-14-17-24(18-15-22)29(2)3/h7-8,10-19,21H,4-6,9,20H2,1-3H3. The van der Waals surface area contributed by atoms with Gasteiger partial charge >= 0.3 is 0 Å².